The molecule has 24 heavy (non-hydrogen) atoms. The summed E-state index contributed by atoms with van der Waals surface area (Å²) in [6, 6.07) is 7.88. The molecule has 4 rings (SSSR count). The van der Waals surface area contributed by atoms with Crippen molar-refractivity contribution in [3.05, 3.63) is 29.0 Å². The zero-order chi connectivity index (χ0) is 16.9. The average molecular weight is 372 g/mol. The van der Waals surface area contributed by atoms with Crippen LogP contribution in [0, 0.1) is 10.7 Å². The van der Waals surface area contributed by atoms with Crippen molar-refractivity contribution in [2.24, 2.45) is 5.92 Å². The van der Waals surface area contributed by atoms with Gasteiger partial charge < -0.3 is 0 Å². The topological polar surface area (TPSA) is 25.5 Å². The van der Waals surface area contributed by atoms with E-state index in [1.54, 1.807) is 9.58 Å². The summed E-state index contributed by atoms with van der Waals surface area (Å²) in [6.07, 6.45) is -3.39. The van der Waals surface area contributed by atoms with Crippen LogP contribution in [0.4, 0.5) is 13.2 Å². The first-order chi connectivity index (χ1) is 11.4. The Morgan fingerprint density at radius 3 is 2.88 bits per heavy atom. The second-order valence-corrected chi connectivity index (χ2v) is 7.44. The predicted octanol–water partition coefficient (Wildman–Crippen LogP) is 4.31. The van der Waals surface area contributed by atoms with Crippen LogP contribution >= 0.6 is 23.6 Å². The van der Waals surface area contributed by atoms with E-state index in [2.05, 4.69) is 5.10 Å². The molecule has 2 aromatic heterocycles. The number of hydrogen-bond donors (Lipinski definition) is 0. The van der Waals surface area contributed by atoms with Gasteiger partial charge in [-0.3, -0.25) is 9.30 Å². The molecular formula is C15H15F3N4S2. The van der Waals surface area contributed by atoms with Crippen molar-refractivity contribution < 1.29 is 13.2 Å². The van der Waals surface area contributed by atoms with Gasteiger partial charge in [0.2, 0.25) is 9.73 Å². The summed E-state index contributed by atoms with van der Waals surface area (Å²) in [5.41, 5.74) is 0.987. The molecule has 0 bridgehead atoms. The highest BCUT2D eigenvalue weighted by Gasteiger charge is 2.41. The van der Waals surface area contributed by atoms with E-state index < -0.39 is 12.1 Å². The number of fused-ring (bicyclic) bond motifs is 3. The van der Waals surface area contributed by atoms with Crippen LogP contribution in [0.2, 0.25) is 0 Å². The summed E-state index contributed by atoms with van der Waals surface area (Å²) >= 11 is 7.03. The molecule has 4 nitrogen and oxygen atoms in total. The van der Waals surface area contributed by atoms with Crippen LogP contribution in [0.1, 0.15) is 12.8 Å². The van der Waals surface area contributed by atoms with E-state index in [9.17, 15) is 13.2 Å². The lowest BCUT2D eigenvalue weighted by Gasteiger charge is -2.33. The van der Waals surface area contributed by atoms with Crippen molar-refractivity contribution in [2.45, 2.75) is 25.7 Å². The maximum absolute atomic E-state index is 13.0. The zero-order valence-electron chi connectivity index (χ0n) is 12.7. The number of thiazole rings is 1. The fourth-order valence-electron chi connectivity index (χ4n) is 3.22. The first kappa shape index (κ1) is 16.0. The van der Waals surface area contributed by atoms with Crippen LogP contribution in [0.3, 0.4) is 0 Å². The zero-order valence-corrected chi connectivity index (χ0v) is 14.3. The van der Waals surface area contributed by atoms with Crippen molar-refractivity contribution in [3.8, 4) is 0 Å². The van der Waals surface area contributed by atoms with E-state index in [0.717, 1.165) is 15.2 Å². The fraction of sp³-hybridized carbons (Fsp3) is 0.467. The minimum atomic E-state index is -4.13. The van der Waals surface area contributed by atoms with E-state index in [-0.39, 0.29) is 13.0 Å². The fourth-order valence-corrected chi connectivity index (χ4v) is 4.58. The highest BCUT2D eigenvalue weighted by molar-refractivity contribution is 7.71. The van der Waals surface area contributed by atoms with Crippen LogP contribution in [0.5, 0.6) is 0 Å². The molecule has 0 saturated carbocycles. The van der Waals surface area contributed by atoms with Crippen molar-refractivity contribution >= 4 is 38.7 Å². The minimum Gasteiger partial charge on any atom is -0.284 e. The third-order valence-corrected chi connectivity index (χ3v) is 5.82. The van der Waals surface area contributed by atoms with Crippen LogP contribution in [-0.2, 0) is 6.67 Å². The standard InChI is InChI=1S/C15H15F3N4S2/c16-15(17,18)10-4-3-7-20(8-10)9-21-14(23)22-11-5-1-2-6-12(11)24-13(22)19-21/h1-2,5-6,10H,3-4,7-9H2. The van der Waals surface area contributed by atoms with Gasteiger partial charge in [0.15, 0.2) is 0 Å². The minimum absolute atomic E-state index is 0.0111. The van der Waals surface area contributed by atoms with Crippen LogP contribution in [0.15, 0.2) is 24.3 Å². The third kappa shape index (κ3) is 2.74. The number of rotatable bonds is 2. The predicted molar refractivity (Wildman–Crippen MR) is 89.8 cm³/mol. The lowest BCUT2D eigenvalue weighted by Crippen LogP contribution is -2.42. The summed E-state index contributed by atoms with van der Waals surface area (Å²) in [6.45, 7) is 0.950. The van der Waals surface area contributed by atoms with Gasteiger partial charge in [0.25, 0.3) is 0 Å². The Bertz CT molecular complexity index is 940. The largest absolute Gasteiger partial charge is 0.393 e. The van der Waals surface area contributed by atoms with Crippen LogP contribution in [0.25, 0.3) is 15.2 Å². The normalized spacial score (nSPS) is 20.2. The number of likely N-dealkylation sites (tertiary alicyclic amines) is 1. The number of nitrogens with zero attached hydrogens (tertiary/aromatic N) is 4. The van der Waals surface area contributed by atoms with Gasteiger partial charge in [0.05, 0.1) is 22.8 Å². The molecule has 128 valence electrons. The number of benzene rings is 1. The Kier molecular flexibility index (Phi) is 3.89. The Balaban J connectivity index is 1.63. The first-order valence-corrected chi connectivity index (χ1v) is 8.92. The number of piperidine rings is 1. The van der Waals surface area contributed by atoms with E-state index in [1.165, 1.54) is 11.3 Å². The Labute approximate surface area is 145 Å². The van der Waals surface area contributed by atoms with Gasteiger partial charge in [0.1, 0.15) is 0 Å². The molecule has 1 unspecified atom stereocenters. The Morgan fingerprint density at radius 1 is 1.29 bits per heavy atom. The summed E-state index contributed by atoms with van der Waals surface area (Å²) in [5.74, 6) is -1.26. The van der Waals surface area contributed by atoms with Crippen molar-refractivity contribution in [3.63, 3.8) is 0 Å². The molecule has 1 atom stereocenters. The van der Waals surface area contributed by atoms with E-state index in [4.69, 9.17) is 12.2 Å². The second-order valence-electron chi connectivity index (χ2n) is 6.07. The number of hydrogen-bond acceptors (Lipinski definition) is 4. The number of alkyl halides is 3. The molecule has 0 amide bonds. The molecule has 1 aromatic carbocycles. The van der Waals surface area contributed by atoms with Gasteiger partial charge in [-0.05, 0) is 43.7 Å². The molecule has 0 radical (unpaired) electrons. The number of para-hydroxylation sites is 1. The number of halogens is 3. The van der Waals surface area contributed by atoms with E-state index >= 15 is 0 Å². The molecule has 0 aliphatic carbocycles. The van der Waals surface area contributed by atoms with Crippen molar-refractivity contribution in [1.82, 2.24) is 19.1 Å². The lowest BCUT2D eigenvalue weighted by atomic mass is 9.98. The van der Waals surface area contributed by atoms with Crippen molar-refractivity contribution in [1.29, 1.82) is 0 Å². The quantitative estimate of drug-likeness (QED) is 0.627. The smallest absolute Gasteiger partial charge is 0.284 e. The molecule has 1 aliphatic rings. The highest BCUT2D eigenvalue weighted by Crippen LogP contribution is 2.33. The molecule has 0 spiro atoms. The second kappa shape index (κ2) is 5.82. The summed E-state index contributed by atoms with van der Waals surface area (Å²) in [5, 5.41) is 4.50. The SMILES string of the molecule is FC(F)(F)C1CCCN(Cn2nc3sc4ccccc4n3c2=S)C1. The highest BCUT2D eigenvalue weighted by atomic mass is 32.1. The monoisotopic (exact) mass is 372 g/mol. The molecular weight excluding hydrogens is 357 g/mol. The van der Waals surface area contributed by atoms with Gasteiger partial charge in [-0.15, -0.1) is 5.10 Å². The lowest BCUT2D eigenvalue weighted by molar-refractivity contribution is -0.188. The molecule has 3 aromatic rings. The van der Waals surface area contributed by atoms with Crippen LogP contribution in [-0.4, -0.2) is 38.3 Å². The van der Waals surface area contributed by atoms with Crippen molar-refractivity contribution in [2.75, 3.05) is 13.1 Å². The Morgan fingerprint density at radius 2 is 2.08 bits per heavy atom. The molecule has 1 fully saturated rings. The molecule has 1 saturated heterocycles. The maximum Gasteiger partial charge on any atom is 0.393 e. The van der Waals surface area contributed by atoms with Crippen LogP contribution < -0.4 is 0 Å². The van der Waals surface area contributed by atoms with E-state index in [0.29, 0.717) is 24.4 Å². The molecule has 1 aliphatic heterocycles. The van der Waals surface area contributed by atoms with Gasteiger partial charge in [0, 0.05) is 6.54 Å². The maximum atomic E-state index is 13.0. The van der Waals surface area contributed by atoms with Gasteiger partial charge in [-0.1, -0.05) is 23.5 Å². The average Bonchev–Trinajstić information content (AvgIpc) is 3.04. The number of aromatic nitrogens is 3. The first-order valence-electron chi connectivity index (χ1n) is 7.69. The molecule has 0 N–H and O–H groups in total. The molecule has 9 heteroatoms. The summed E-state index contributed by atoms with van der Waals surface area (Å²) in [4.78, 5) is 2.56. The molecule has 3 heterocycles. The van der Waals surface area contributed by atoms with Gasteiger partial charge in [-0.2, -0.15) is 13.2 Å². The third-order valence-electron chi connectivity index (χ3n) is 4.42. The summed E-state index contributed by atoms with van der Waals surface area (Å²) < 4.78 is 44.0. The summed E-state index contributed by atoms with van der Waals surface area (Å²) in [7, 11) is 0. The van der Waals surface area contributed by atoms with Gasteiger partial charge in [-0.25, -0.2) is 4.68 Å². The van der Waals surface area contributed by atoms with Gasteiger partial charge >= 0.3 is 6.18 Å². The Hall–Kier alpha value is -1.45. The van der Waals surface area contributed by atoms with E-state index in [1.807, 2.05) is 28.7 Å².